The van der Waals surface area contributed by atoms with Crippen LogP contribution in [0.5, 0.6) is 0 Å². The Morgan fingerprint density at radius 2 is 2.10 bits per heavy atom. The SMILES string of the molecule is CC1CCC(CCNc2nc3ccc(N)cc3[nH]2)CC1. The third-order valence-corrected chi connectivity index (χ3v) is 4.49. The molecule has 20 heavy (non-hydrogen) atoms. The van der Waals surface area contributed by atoms with Crippen LogP contribution in [0, 0.1) is 11.8 Å². The van der Waals surface area contributed by atoms with Gasteiger partial charge in [0.25, 0.3) is 0 Å². The summed E-state index contributed by atoms with van der Waals surface area (Å²) in [5, 5.41) is 3.40. The fourth-order valence-corrected chi connectivity index (χ4v) is 3.12. The highest BCUT2D eigenvalue weighted by Crippen LogP contribution is 2.30. The Morgan fingerprint density at radius 3 is 2.90 bits per heavy atom. The monoisotopic (exact) mass is 272 g/mol. The molecule has 1 heterocycles. The normalized spacial score (nSPS) is 23.1. The molecule has 0 saturated heterocycles. The third-order valence-electron chi connectivity index (χ3n) is 4.49. The van der Waals surface area contributed by atoms with E-state index in [-0.39, 0.29) is 0 Å². The van der Waals surface area contributed by atoms with E-state index in [1.54, 1.807) is 0 Å². The first kappa shape index (κ1) is 13.3. The molecule has 1 aromatic heterocycles. The quantitative estimate of drug-likeness (QED) is 0.742. The van der Waals surface area contributed by atoms with Crippen molar-refractivity contribution in [1.29, 1.82) is 0 Å². The van der Waals surface area contributed by atoms with Crippen LogP contribution >= 0.6 is 0 Å². The van der Waals surface area contributed by atoms with Crippen molar-refractivity contribution < 1.29 is 0 Å². The van der Waals surface area contributed by atoms with Crippen molar-refractivity contribution in [2.24, 2.45) is 11.8 Å². The van der Waals surface area contributed by atoms with Crippen LogP contribution in [-0.2, 0) is 0 Å². The second-order valence-electron chi connectivity index (χ2n) is 6.20. The molecule has 0 atom stereocenters. The lowest BCUT2D eigenvalue weighted by Crippen LogP contribution is -2.16. The van der Waals surface area contributed by atoms with Gasteiger partial charge in [-0.25, -0.2) is 4.98 Å². The van der Waals surface area contributed by atoms with Crippen LogP contribution in [0.2, 0.25) is 0 Å². The van der Waals surface area contributed by atoms with Crippen LogP contribution in [0.4, 0.5) is 11.6 Å². The highest BCUT2D eigenvalue weighted by molar-refractivity contribution is 5.80. The fourth-order valence-electron chi connectivity index (χ4n) is 3.12. The molecule has 0 radical (unpaired) electrons. The van der Waals surface area contributed by atoms with Gasteiger partial charge in [0.15, 0.2) is 0 Å². The Morgan fingerprint density at radius 1 is 1.30 bits per heavy atom. The molecule has 0 amide bonds. The standard InChI is InChI=1S/C16H24N4/c1-11-2-4-12(5-3-11)8-9-18-16-19-14-7-6-13(17)10-15(14)20-16/h6-7,10-12H,2-5,8-9,17H2,1H3,(H2,18,19,20). The number of aromatic nitrogens is 2. The predicted octanol–water partition coefficient (Wildman–Crippen LogP) is 3.77. The van der Waals surface area contributed by atoms with E-state index >= 15 is 0 Å². The number of hydrogen-bond acceptors (Lipinski definition) is 3. The first-order valence-corrected chi connectivity index (χ1v) is 7.70. The Balaban J connectivity index is 1.52. The van der Waals surface area contributed by atoms with E-state index in [2.05, 4.69) is 22.2 Å². The lowest BCUT2D eigenvalue weighted by molar-refractivity contribution is 0.282. The summed E-state index contributed by atoms with van der Waals surface area (Å²) in [7, 11) is 0. The number of nitrogens with two attached hydrogens (primary N) is 1. The minimum Gasteiger partial charge on any atom is -0.399 e. The lowest BCUT2D eigenvalue weighted by atomic mass is 9.81. The highest BCUT2D eigenvalue weighted by Gasteiger charge is 2.17. The van der Waals surface area contributed by atoms with Gasteiger partial charge in [-0.1, -0.05) is 32.6 Å². The minimum absolute atomic E-state index is 0.768. The topological polar surface area (TPSA) is 66.7 Å². The van der Waals surface area contributed by atoms with E-state index in [0.717, 1.165) is 41.0 Å². The molecule has 1 saturated carbocycles. The Bertz CT molecular complexity index is 567. The van der Waals surface area contributed by atoms with E-state index in [9.17, 15) is 0 Å². The largest absolute Gasteiger partial charge is 0.399 e. The molecule has 0 bridgehead atoms. The number of rotatable bonds is 4. The van der Waals surface area contributed by atoms with Gasteiger partial charge in [-0.3, -0.25) is 0 Å². The number of aromatic amines is 1. The Kier molecular flexibility index (Phi) is 3.81. The second-order valence-corrected chi connectivity index (χ2v) is 6.20. The number of hydrogen-bond donors (Lipinski definition) is 3. The van der Waals surface area contributed by atoms with E-state index in [1.807, 2.05) is 18.2 Å². The van der Waals surface area contributed by atoms with Gasteiger partial charge in [-0.15, -0.1) is 0 Å². The average molecular weight is 272 g/mol. The van der Waals surface area contributed by atoms with Crippen LogP contribution in [0.25, 0.3) is 11.0 Å². The summed E-state index contributed by atoms with van der Waals surface area (Å²) in [4.78, 5) is 7.81. The van der Waals surface area contributed by atoms with Crippen molar-refractivity contribution in [1.82, 2.24) is 9.97 Å². The number of nitrogen functional groups attached to an aromatic ring is 1. The molecular weight excluding hydrogens is 248 g/mol. The van der Waals surface area contributed by atoms with E-state index in [0.29, 0.717) is 0 Å². The number of nitrogens with one attached hydrogen (secondary N) is 2. The smallest absolute Gasteiger partial charge is 0.201 e. The number of anilines is 2. The summed E-state index contributed by atoms with van der Waals surface area (Å²) < 4.78 is 0. The van der Waals surface area contributed by atoms with Gasteiger partial charge < -0.3 is 16.0 Å². The van der Waals surface area contributed by atoms with Gasteiger partial charge in [0.2, 0.25) is 5.95 Å². The zero-order valence-electron chi connectivity index (χ0n) is 12.2. The molecular formula is C16H24N4. The van der Waals surface area contributed by atoms with Crippen LogP contribution in [0.3, 0.4) is 0 Å². The van der Waals surface area contributed by atoms with Crippen LogP contribution in [0.1, 0.15) is 39.0 Å². The molecule has 0 unspecified atom stereocenters. The Labute approximate surface area is 120 Å². The zero-order chi connectivity index (χ0) is 13.9. The first-order valence-electron chi connectivity index (χ1n) is 7.70. The molecule has 0 aliphatic heterocycles. The fraction of sp³-hybridized carbons (Fsp3) is 0.562. The zero-order valence-corrected chi connectivity index (χ0v) is 12.2. The molecule has 4 nitrogen and oxygen atoms in total. The van der Waals surface area contributed by atoms with Gasteiger partial charge in [-0.2, -0.15) is 0 Å². The summed E-state index contributed by atoms with van der Waals surface area (Å²) in [5.41, 5.74) is 8.51. The van der Waals surface area contributed by atoms with Crippen molar-refractivity contribution in [3.05, 3.63) is 18.2 Å². The van der Waals surface area contributed by atoms with Gasteiger partial charge >= 0.3 is 0 Å². The summed E-state index contributed by atoms with van der Waals surface area (Å²) in [5.74, 6) is 2.67. The summed E-state index contributed by atoms with van der Waals surface area (Å²) in [6.45, 7) is 3.36. The number of nitrogens with zero attached hydrogens (tertiary/aromatic N) is 1. The van der Waals surface area contributed by atoms with Gasteiger partial charge in [-0.05, 0) is 36.5 Å². The van der Waals surface area contributed by atoms with Crippen molar-refractivity contribution in [2.75, 3.05) is 17.6 Å². The molecule has 0 spiro atoms. The number of imidazole rings is 1. The van der Waals surface area contributed by atoms with Gasteiger partial charge in [0.1, 0.15) is 0 Å². The molecule has 2 aromatic rings. The number of H-pyrrole nitrogens is 1. The van der Waals surface area contributed by atoms with Crippen molar-refractivity contribution >= 4 is 22.7 Å². The van der Waals surface area contributed by atoms with E-state index in [1.165, 1.54) is 32.1 Å². The number of fused-ring (bicyclic) bond motifs is 1. The molecule has 1 fully saturated rings. The maximum absolute atomic E-state index is 5.77. The van der Waals surface area contributed by atoms with Crippen LogP contribution in [0.15, 0.2) is 18.2 Å². The van der Waals surface area contributed by atoms with Crippen molar-refractivity contribution in [2.45, 2.75) is 39.0 Å². The summed E-state index contributed by atoms with van der Waals surface area (Å²) in [6, 6.07) is 5.76. The molecule has 3 rings (SSSR count). The van der Waals surface area contributed by atoms with Crippen LogP contribution in [-0.4, -0.2) is 16.5 Å². The van der Waals surface area contributed by atoms with Crippen molar-refractivity contribution in [3.8, 4) is 0 Å². The molecule has 4 heteroatoms. The first-order chi connectivity index (χ1) is 9.70. The molecule has 1 aliphatic rings. The maximum atomic E-state index is 5.77. The summed E-state index contributed by atoms with van der Waals surface area (Å²) in [6.07, 6.45) is 6.81. The van der Waals surface area contributed by atoms with Crippen LogP contribution < -0.4 is 11.1 Å². The number of benzene rings is 1. The predicted molar refractivity (Wildman–Crippen MR) is 84.7 cm³/mol. The molecule has 4 N–H and O–H groups in total. The second kappa shape index (κ2) is 5.73. The third kappa shape index (κ3) is 3.06. The minimum atomic E-state index is 0.768. The average Bonchev–Trinajstić information content (AvgIpc) is 2.83. The molecule has 1 aromatic carbocycles. The van der Waals surface area contributed by atoms with E-state index < -0.39 is 0 Å². The summed E-state index contributed by atoms with van der Waals surface area (Å²) >= 11 is 0. The van der Waals surface area contributed by atoms with E-state index in [4.69, 9.17) is 5.73 Å². The van der Waals surface area contributed by atoms with Crippen molar-refractivity contribution in [3.63, 3.8) is 0 Å². The van der Waals surface area contributed by atoms with Gasteiger partial charge in [0.05, 0.1) is 11.0 Å². The Hall–Kier alpha value is -1.71. The molecule has 108 valence electrons. The lowest BCUT2D eigenvalue weighted by Gasteiger charge is -2.26. The highest BCUT2D eigenvalue weighted by atomic mass is 15.1. The maximum Gasteiger partial charge on any atom is 0.201 e. The molecule has 1 aliphatic carbocycles. The van der Waals surface area contributed by atoms with Gasteiger partial charge in [0, 0.05) is 12.2 Å².